The third-order valence-corrected chi connectivity index (χ3v) is 3.20. The standard InChI is InChI=1S/C16H17ClN4O2/c1-16(2,3)21(15(23)11-5-7-12(17)8-6-11)20-14(22)13-18-9-4-10-19-13/h4-10H,1-3H3,(H,20,22). The molecule has 0 aliphatic rings. The van der Waals surface area contributed by atoms with Crippen molar-refractivity contribution < 1.29 is 9.59 Å². The average molecular weight is 333 g/mol. The normalized spacial score (nSPS) is 11.0. The maximum atomic E-state index is 12.7. The average Bonchev–Trinajstić information content (AvgIpc) is 2.52. The van der Waals surface area contributed by atoms with Crippen LogP contribution in [0.15, 0.2) is 42.7 Å². The second-order valence-corrected chi connectivity index (χ2v) is 6.27. The lowest BCUT2D eigenvalue weighted by Crippen LogP contribution is -2.56. The van der Waals surface area contributed by atoms with Gasteiger partial charge in [-0.2, -0.15) is 0 Å². The molecule has 0 bridgehead atoms. The number of hydrogen-bond donors (Lipinski definition) is 1. The summed E-state index contributed by atoms with van der Waals surface area (Å²) in [4.78, 5) is 32.7. The summed E-state index contributed by atoms with van der Waals surface area (Å²) in [5.74, 6) is -0.910. The summed E-state index contributed by atoms with van der Waals surface area (Å²) in [7, 11) is 0. The van der Waals surface area contributed by atoms with Gasteiger partial charge in [0.05, 0.1) is 5.54 Å². The predicted molar refractivity (Wildman–Crippen MR) is 86.9 cm³/mol. The monoisotopic (exact) mass is 332 g/mol. The molecule has 2 amide bonds. The van der Waals surface area contributed by atoms with E-state index in [1.807, 2.05) is 20.8 Å². The number of carbonyl (C=O) groups excluding carboxylic acids is 2. The first-order valence-electron chi connectivity index (χ1n) is 6.97. The van der Waals surface area contributed by atoms with Crippen LogP contribution in [0, 0.1) is 0 Å². The van der Waals surface area contributed by atoms with E-state index in [-0.39, 0.29) is 11.7 Å². The third-order valence-electron chi connectivity index (χ3n) is 2.95. The molecule has 7 heteroatoms. The van der Waals surface area contributed by atoms with Crippen LogP contribution in [0.1, 0.15) is 41.7 Å². The van der Waals surface area contributed by atoms with E-state index in [0.717, 1.165) is 0 Å². The van der Waals surface area contributed by atoms with Crippen molar-refractivity contribution >= 4 is 23.4 Å². The first kappa shape index (κ1) is 16.9. The highest BCUT2D eigenvalue weighted by molar-refractivity contribution is 6.30. The van der Waals surface area contributed by atoms with E-state index < -0.39 is 11.4 Å². The van der Waals surface area contributed by atoms with Crippen molar-refractivity contribution in [2.75, 3.05) is 0 Å². The Morgan fingerprint density at radius 1 is 1.09 bits per heavy atom. The number of rotatable bonds is 2. The molecule has 0 unspecified atom stereocenters. The molecule has 0 radical (unpaired) electrons. The summed E-state index contributed by atoms with van der Waals surface area (Å²) in [5.41, 5.74) is 2.35. The number of halogens is 1. The van der Waals surface area contributed by atoms with Gasteiger partial charge >= 0.3 is 5.91 Å². The van der Waals surface area contributed by atoms with Gasteiger partial charge < -0.3 is 0 Å². The lowest BCUT2D eigenvalue weighted by molar-refractivity contribution is 0.0354. The van der Waals surface area contributed by atoms with E-state index in [9.17, 15) is 9.59 Å². The maximum absolute atomic E-state index is 12.7. The zero-order chi connectivity index (χ0) is 17.0. The molecule has 0 aliphatic carbocycles. The van der Waals surface area contributed by atoms with Gasteiger partial charge in [-0.1, -0.05) is 11.6 Å². The first-order chi connectivity index (χ1) is 10.8. The molecule has 0 atom stereocenters. The highest BCUT2D eigenvalue weighted by Gasteiger charge is 2.30. The van der Waals surface area contributed by atoms with Crippen molar-refractivity contribution in [3.8, 4) is 0 Å². The van der Waals surface area contributed by atoms with Crippen LogP contribution in [0.3, 0.4) is 0 Å². The van der Waals surface area contributed by atoms with Crippen LogP contribution >= 0.6 is 11.6 Å². The van der Waals surface area contributed by atoms with Gasteiger partial charge in [0.2, 0.25) is 5.82 Å². The molecule has 6 nitrogen and oxygen atoms in total. The van der Waals surface area contributed by atoms with E-state index in [1.165, 1.54) is 17.4 Å². The molecule has 2 aromatic rings. The van der Waals surface area contributed by atoms with Crippen molar-refractivity contribution in [3.05, 3.63) is 59.1 Å². The molecule has 2 rings (SSSR count). The molecule has 1 aromatic carbocycles. The van der Waals surface area contributed by atoms with Crippen LogP contribution in [0.5, 0.6) is 0 Å². The van der Waals surface area contributed by atoms with E-state index in [0.29, 0.717) is 10.6 Å². The summed E-state index contributed by atoms with van der Waals surface area (Å²) in [6.07, 6.45) is 2.93. The van der Waals surface area contributed by atoms with Crippen molar-refractivity contribution in [1.82, 2.24) is 20.4 Å². The van der Waals surface area contributed by atoms with Crippen molar-refractivity contribution in [1.29, 1.82) is 0 Å². The minimum Gasteiger partial charge on any atom is -0.267 e. The van der Waals surface area contributed by atoms with Crippen molar-refractivity contribution in [2.45, 2.75) is 26.3 Å². The number of hydrazine groups is 1. The Morgan fingerprint density at radius 3 is 2.17 bits per heavy atom. The van der Waals surface area contributed by atoms with Gasteiger partial charge in [0.15, 0.2) is 0 Å². The molecule has 1 N–H and O–H groups in total. The number of amides is 2. The Morgan fingerprint density at radius 2 is 1.65 bits per heavy atom. The largest absolute Gasteiger partial charge is 0.307 e. The highest BCUT2D eigenvalue weighted by atomic mass is 35.5. The fraction of sp³-hybridized carbons (Fsp3) is 0.250. The quantitative estimate of drug-likeness (QED) is 0.858. The molecular weight excluding hydrogens is 316 g/mol. The third kappa shape index (κ3) is 4.26. The van der Waals surface area contributed by atoms with Gasteiger partial charge in [0.1, 0.15) is 0 Å². The van der Waals surface area contributed by atoms with Crippen molar-refractivity contribution in [3.63, 3.8) is 0 Å². The zero-order valence-electron chi connectivity index (χ0n) is 13.1. The number of nitrogens with one attached hydrogen (secondary N) is 1. The molecule has 0 saturated heterocycles. The SMILES string of the molecule is CC(C)(C)N(NC(=O)c1ncccn1)C(=O)c1ccc(Cl)cc1. The van der Waals surface area contributed by atoms with Crippen LogP contribution in [-0.2, 0) is 0 Å². The second kappa shape index (κ2) is 6.75. The summed E-state index contributed by atoms with van der Waals surface area (Å²) in [6, 6.07) is 8.07. The van der Waals surface area contributed by atoms with Crippen molar-refractivity contribution in [2.24, 2.45) is 0 Å². The topological polar surface area (TPSA) is 75.2 Å². The summed E-state index contributed by atoms with van der Waals surface area (Å²) in [6.45, 7) is 5.44. The minimum absolute atomic E-state index is 0.00865. The van der Waals surface area contributed by atoms with Gasteiger partial charge in [-0.25, -0.2) is 15.0 Å². The van der Waals surface area contributed by atoms with E-state index in [1.54, 1.807) is 30.3 Å². The van der Waals surface area contributed by atoms with Gasteiger partial charge in [-0.15, -0.1) is 0 Å². The summed E-state index contributed by atoms with van der Waals surface area (Å²) < 4.78 is 0. The number of aromatic nitrogens is 2. The molecule has 0 saturated carbocycles. The Bertz CT molecular complexity index is 696. The zero-order valence-corrected chi connectivity index (χ0v) is 13.8. The molecule has 23 heavy (non-hydrogen) atoms. The molecule has 0 fully saturated rings. The minimum atomic E-state index is -0.638. The number of benzene rings is 1. The van der Waals surface area contributed by atoms with Gasteiger partial charge in [-0.3, -0.25) is 15.0 Å². The Hall–Kier alpha value is -2.47. The van der Waals surface area contributed by atoms with E-state index in [2.05, 4.69) is 15.4 Å². The van der Waals surface area contributed by atoms with Crippen LogP contribution in [-0.4, -0.2) is 32.3 Å². The molecular formula is C16H17ClN4O2. The number of carbonyl (C=O) groups is 2. The lowest BCUT2D eigenvalue weighted by atomic mass is 10.1. The van der Waals surface area contributed by atoms with Crippen LogP contribution < -0.4 is 5.43 Å². The number of hydrogen-bond acceptors (Lipinski definition) is 4. The number of nitrogens with zero attached hydrogens (tertiary/aromatic N) is 3. The Balaban J connectivity index is 2.26. The fourth-order valence-electron chi connectivity index (χ4n) is 1.81. The highest BCUT2D eigenvalue weighted by Crippen LogP contribution is 2.17. The molecule has 0 spiro atoms. The van der Waals surface area contributed by atoms with Gasteiger partial charge in [0, 0.05) is 23.0 Å². The molecule has 1 aromatic heterocycles. The molecule has 0 aliphatic heterocycles. The predicted octanol–water partition coefficient (Wildman–Crippen LogP) is 2.72. The Kier molecular flexibility index (Phi) is 4.95. The maximum Gasteiger partial charge on any atom is 0.307 e. The van der Waals surface area contributed by atoms with E-state index in [4.69, 9.17) is 11.6 Å². The van der Waals surface area contributed by atoms with E-state index >= 15 is 0 Å². The molecule has 120 valence electrons. The van der Waals surface area contributed by atoms with Gasteiger partial charge in [-0.05, 0) is 51.1 Å². The second-order valence-electron chi connectivity index (χ2n) is 5.83. The first-order valence-corrected chi connectivity index (χ1v) is 7.35. The van der Waals surface area contributed by atoms with Crippen LogP contribution in [0.2, 0.25) is 5.02 Å². The smallest absolute Gasteiger partial charge is 0.267 e. The lowest BCUT2D eigenvalue weighted by Gasteiger charge is -2.35. The summed E-state index contributed by atoms with van der Waals surface area (Å²) in [5, 5.41) is 1.79. The molecule has 1 heterocycles. The van der Waals surface area contributed by atoms with Crippen LogP contribution in [0.25, 0.3) is 0 Å². The van der Waals surface area contributed by atoms with Gasteiger partial charge in [0.25, 0.3) is 5.91 Å². The fourth-order valence-corrected chi connectivity index (χ4v) is 1.94. The van der Waals surface area contributed by atoms with Crippen LogP contribution in [0.4, 0.5) is 0 Å². The Labute approximate surface area is 139 Å². The summed E-state index contributed by atoms with van der Waals surface area (Å²) >= 11 is 5.84.